The van der Waals surface area contributed by atoms with Crippen molar-refractivity contribution in [3.8, 4) is 0 Å². The standard InChI is InChI=1S/C14H19FN2O3S/c1-2-10-5-7-17(8-6-10)14(18)11-3-4-12(15)13(9-11)21(16,19)20/h3-4,9-10H,2,5-8H2,1H3,(H2,16,19,20). The van der Waals surface area contributed by atoms with Crippen LogP contribution in [-0.2, 0) is 10.0 Å². The summed E-state index contributed by atoms with van der Waals surface area (Å²) in [5, 5.41) is 4.95. The van der Waals surface area contributed by atoms with Gasteiger partial charge in [0.2, 0.25) is 10.0 Å². The molecule has 1 aromatic rings. The van der Waals surface area contributed by atoms with Crippen LogP contribution in [0.1, 0.15) is 36.5 Å². The number of halogens is 1. The maximum Gasteiger partial charge on any atom is 0.253 e. The minimum Gasteiger partial charge on any atom is -0.339 e. The lowest BCUT2D eigenvalue weighted by Crippen LogP contribution is -2.38. The maximum atomic E-state index is 13.5. The summed E-state index contributed by atoms with van der Waals surface area (Å²) in [6.45, 7) is 3.40. The number of primary sulfonamides is 1. The minimum absolute atomic E-state index is 0.148. The quantitative estimate of drug-likeness (QED) is 0.922. The van der Waals surface area contributed by atoms with Crippen LogP contribution in [0.2, 0.25) is 0 Å². The molecule has 0 saturated carbocycles. The number of hydrogen-bond donors (Lipinski definition) is 1. The molecule has 5 nitrogen and oxygen atoms in total. The van der Waals surface area contributed by atoms with E-state index in [4.69, 9.17) is 5.14 Å². The molecule has 2 rings (SSSR count). The predicted octanol–water partition coefficient (Wildman–Crippen LogP) is 1.74. The zero-order valence-electron chi connectivity index (χ0n) is 11.9. The average Bonchev–Trinajstić information content (AvgIpc) is 2.46. The first-order valence-electron chi connectivity index (χ1n) is 6.94. The lowest BCUT2D eigenvalue weighted by molar-refractivity contribution is 0.0688. The first kappa shape index (κ1) is 15.9. The first-order chi connectivity index (χ1) is 9.82. The van der Waals surface area contributed by atoms with Gasteiger partial charge in [0.1, 0.15) is 10.7 Å². The van der Waals surface area contributed by atoms with Crippen molar-refractivity contribution in [2.75, 3.05) is 13.1 Å². The SMILES string of the molecule is CCC1CCN(C(=O)c2ccc(F)c(S(N)(=O)=O)c2)CC1. The predicted molar refractivity (Wildman–Crippen MR) is 76.7 cm³/mol. The Morgan fingerprint density at radius 3 is 2.52 bits per heavy atom. The van der Waals surface area contributed by atoms with E-state index >= 15 is 0 Å². The number of nitrogens with two attached hydrogens (primary N) is 1. The first-order valence-corrected chi connectivity index (χ1v) is 8.49. The molecule has 0 aromatic heterocycles. The molecular formula is C14H19FN2O3S. The summed E-state index contributed by atoms with van der Waals surface area (Å²) in [4.78, 5) is 13.4. The van der Waals surface area contributed by atoms with Gasteiger partial charge in [-0.2, -0.15) is 0 Å². The number of carbonyl (C=O) groups is 1. The van der Waals surface area contributed by atoms with E-state index < -0.39 is 20.7 Å². The fraction of sp³-hybridized carbons (Fsp3) is 0.500. The Balaban J connectivity index is 2.21. The molecule has 1 amide bonds. The fourth-order valence-corrected chi connectivity index (χ4v) is 3.21. The molecule has 1 fully saturated rings. The van der Waals surface area contributed by atoms with Crippen molar-refractivity contribution in [2.24, 2.45) is 11.1 Å². The summed E-state index contributed by atoms with van der Waals surface area (Å²) < 4.78 is 36.1. The van der Waals surface area contributed by atoms with Crippen molar-refractivity contribution in [2.45, 2.75) is 31.1 Å². The van der Waals surface area contributed by atoms with Crippen molar-refractivity contribution >= 4 is 15.9 Å². The van der Waals surface area contributed by atoms with Gasteiger partial charge in [0, 0.05) is 18.7 Å². The Labute approximate surface area is 124 Å². The Hall–Kier alpha value is -1.47. The van der Waals surface area contributed by atoms with Gasteiger partial charge in [-0.25, -0.2) is 17.9 Å². The third kappa shape index (κ3) is 3.59. The molecule has 116 valence electrons. The summed E-state index contributed by atoms with van der Waals surface area (Å²) in [5.41, 5.74) is 0.148. The third-order valence-electron chi connectivity index (χ3n) is 3.96. The summed E-state index contributed by atoms with van der Waals surface area (Å²) >= 11 is 0. The molecule has 1 aliphatic rings. The highest BCUT2D eigenvalue weighted by atomic mass is 32.2. The molecule has 21 heavy (non-hydrogen) atoms. The summed E-state index contributed by atoms with van der Waals surface area (Å²) in [7, 11) is -4.18. The molecule has 0 aliphatic carbocycles. The van der Waals surface area contributed by atoms with Gasteiger partial charge in [-0.15, -0.1) is 0 Å². The number of benzene rings is 1. The second-order valence-corrected chi connectivity index (χ2v) is 6.86. The highest BCUT2D eigenvalue weighted by Gasteiger charge is 2.24. The van der Waals surface area contributed by atoms with Gasteiger partial charge in [0.25, 0.3) is 5.91 Å². The Morgan fingerprint density at radius 1 is 1.38 bits per heavy atom. The lowest BCUT2D eigenvalue weighted by Gasteiger charge is -2.31. The van der Waals surface area contributed by atoms with E-state index in [1.165, 1.54) is 6.07 Å². The van der Waals surface area contributed by atoms with Crippen LogP contribution in [0.3, 0.4) is 0 Å². The summed E-state index contributed by atoms with van der Waals surface area (Å²) in [6.07, 6.45) is 2.96. The number of likely N-dealkylation sites (tertiary alicyclic amines) is 1. The van der Waals surface area contributed by atoms with Gasteiger partial charge in [0.15, 0.2) is 0 Å². The Morgan fingerprint density at radius 2 is 2.00 bits per heavy atom. The van der Waals surface area contributed by atoms with Crippen molar-refractivity contribution in [1.82, 2.24) is 4.90 Å². The van der Waals surface area contributed by atoms with Crippen LogP contribution in [0.5, 0.6) is 0 Å². The van der Waals surface area contributed by atoms with Crippen LogP contribution in [0.25, 0.3) is 0 Å². The van der Waals surface area contributed by atoms with Crippen molar-refractivity contribution in [3.05, 3.63) is 29.6 Å². The van der Waals surface area contributed by atoms with Gasteiger partial charge in [-0.3, -0.25) is 4.79 Å². The third-order valence-corrected chi connectivity index (χ3v) is 4.89. The number of nitrogens with zero attached hydrogens (tertiary/aromatic N) is 1. The van der Waals surface area contributed by atoms with Gasteiger partial charge in [-0.05, 0) is 37.0 Å². The molecule has 1 aromatic carbocycles. The van der Waals surface area contributed by atoms with Gasteiger partial charge >= 0.3 is 0 Å². The number of carbonyl (C=O) groups excluding carboxylic acids is 1. The molecule has 1 heterocycles. The Bertz CT molecular complexity index is 638. The topological polar surface area (TPSA) is 80.5 Å². The second-order valence-electron chi connectivity index (χ2n) is 5.33. The van der Waals surface area contributed by atoms with E-state index in [9.17, 15) is 17.6 Å². The number of sulfonamides is 1. The number of piperidine rings is 1. The molecule has 2 N–H and O–H groups in total. The zero-order valence-corrected chi connectivity index (χ0v) is 12.7. The van der Waals surface area contributed by atoms with Crippen LogP contribution >= 0.6 is 0 Å². The van der Waals surface area contributed by atoms with E-state index in [1.807, 2.05) is 0 Å². The van der Waals surface area contributed by atoms with Gasteiger partial charge in [0.05, 0.1) is 0 Å². The van der Waals surface area contributed by atoms with E-state index in [-0.39, 0.29) is 11.5 Å². The normalized spacial score (nSPS) is 17.0. The van der Waals surface area contributed by atoms with Crippen molar-refractivity contribution in [3.63, 3.8) is 0 Å². The Kier molecular flexibility index (Phi) is 4.63. The van der Waals surface area contributed by atoms with Crippen molar-refractivity contribution < 1.29 is 17.6 Å². The number of hydrogen-bond acceptors (Lipinski definition) is 3. The molecule has 0 spiro atoms. The van der Waals surface area contributed by atoms with Crippen LogP contribution in [0.4, 0.5) is 4.39 Å². The molecule has 0 radical (unpaired) electrons. The second kappa shape index (κ2) is 6.11. The van der Waals surface area contributed by atoms with E-state index in [2.05, 4.69) is 6.92 Å². The molecular weight excluding hydrogens is 295 g/mol. The number of rotatable bonds is 3. The largest absolute Gasteiger partial charge is 0.339 e. The van der Waals surface area contributed by atoms with Crippen LogP contribution in [0.15, 0.2) is 23.1 Å². The fourth-order valence-electron chi connectivity index (χ4n) is 2.58. The average molecular weight is 314 g/mol. The minimum atomic E-state index is -4.18. The molecule has 1 saturated heterocycles. The highest BCUT2D eigenvalue weighted by Crippen LogP contribution is 2.22. The smallest absolute Gasteiger partial charge is 0.253 e. The highest BCUT2D eigenvalue weighted by molar-refractivity contribution is 7.89. The van der Waals surface area contributed by atoms with Crippen LogP contribution in [-0.4, -0.2) is 32.3 Å². The van der Waals surface area contributed by atoms with Gasteiger partial charge < -0.3 is 4.90 Å². The van der Waals surface area contributed by atoms with Crippen LogP contribution in [0, 0.1) is 11.7 Å². The van der Waals surface area contributed by atoms with Crippen LogP contribution < -0.4 is 5.14 Å². The molecule has 0 atom stereocenters. The monoisotopic (exact) mass is 314 g/mol. The lowest BCUT2D eigenvalue weighted by atomic mass is 9.94. The van der Waals surface area contributed by atoms with Crippen molar-refractivity contribution in [1.29, 1.82) is 0 Å². The zero-order chi connectivity index (χ0) is 15.6. The molecule has 0 unspecified atom stereocenters. The number of amides is 1. The molecule has 0 bridgehead atoms. The summed E-state index contributed by atoms with van der Waals surface area (Å²) in [6, 6.07) is 3.27. The van der Waals surface area contributed by atoms with E-state index in [0.717, 1.165) is 31.4 Å². The van der Waals surface area contributed by atoms with E-state index in [1.54, 1.807) is 4.90 Å². The van der Waals surface area contributed by atoms with E-state index in [0.29, 0.717) is 19.0 Å². The molecule has 1 aliphatic heterocycles. The maximum absolute atomic E-state index is 13.5. The summed E-state index contributed by atoms with van der Waals surface area (Å²) in [5.74, 6) is -0.601. The van der Waals surface area contributed by atoms with Gasteiger partial charge in [-0.1, -0.05) is 13.3 Å². The molecule has 7 heteroatoms.